The molecule has 0 saturated heterocycles. The van der Waals surface area contributed by atoms with E-state index in [0.29, 0.717) is 52.3 Å². The highest BCUT2D eigenvalue weighted by Gasteiger charge is 2.53. The highest BCUT2D eigenvalue weighted by atomic mass is 127. The SMILES string of the molecule is CC(=O)Nc1c(I)c(NC(C)=O)c(I)c(C(=O)[O-])c1I.CC(=O)Nc1c(I)cc(I)c(C(=O)[O-])c1I.O=C(COc1ccc([S+](c2ccccc2)c2ccccc2)cc1)OC12CC3CC(CC(C3)C1)C2.O=C(COc1ccc([S+](c2ccccc2)c2ccccc2)cc1)OC1CCCC2CCCCC21. The van der Waals surface area contributed by atoms with E-state index in [2.05, 4.69) is 149 Å². The van der Waals surface area contributed by atoms with Crippen LogP contribution < -0.4 is 35.6 Å². The summed E-state index contributed by atoms with van der Waals surface area (Å²) in [5.41, 5.74) is 1.07. The van der Waals surface area contributed by atoms with Crippen LogP contribution in [0.1, 0.15) is 125 Å². The molecule has 6 saturated carbocycles. The van der Waals surface area contributed by atoms with Gasteiger partial charge < -0.3 is 54.7 Å². The summed E-state index contributed by atoms with van der Waals surface area (Å²) in [6, 6.07) is 60.4. The fourth-order valence-electron chi connectivity index (χ4n) is 14.8. The van der Waals surface area contributed by atoms with Gasteiger partial charge in [-0.15, -0.1) is 0 Å². The topological polar surface area (TPSA) is 239 Å². The van der Waals surface area contributed by atoms with Crippen LogP contribution >= 0.6 is 136 Å². The summed E-state index contributed by atoms with van der Waals surface area (Å²) < 4.78 is 26.8. The molecule has 3 unspecified atom stereocenters. The lowest BCUT2D eigenvalue weighted by Gasteiger charge is -2.55. The van der Waals surface area contributed by atoms with Gasteiger partial charge in [0.15, 0.2) is 42.6 Å². The molecule has 8 aromatic carbocycles. The predicted molar refractivity (Wildman–Crippen MR) is 451 cm³/mol. The molecule has 16 nitrogen and oxygen atoms in total. The van der Waals surface area contributed by atoms with E-state index < -0.39 is 11.9 Å². The van der Waals surface area contributed by atoms with E-state index in [9.17, 15) is 43.8 Å². The van der Waals surface area contributed by atoms with Gasteiger partial charge in [-0.05, 0) is 332 Å². The second-order valence-corrected chi connectivity index (χ2v) is 36.9. The maximum absolute atomic E-state index is 12.7. The van der Waals surface area contributed by atoms with Crippen molar-refractivity contribution in [1.82, 2.24) is 0 Å². The summed E-state index contributed by atoms with van der Waals surface area (Å²) in [5, 5.41) is 30.0. The number of esters is 2. The molecule has 6 fully saturated rings. The Morgan fingerprint density at radius 3 is 1.20 bits per heavy atom. The third-order valence-corrected chi connectivity index (χ3v) is 29.1. The van der Waals surface area contributed by atoms with E-state index >= 15 is 0 Å². The number of amides is 3. The molecule has 24 heteroatoms. The Bertz CT molecular complexity index is 4200. The van der Waals surface area contributed by atoms with E-state index in [-0.39, 0.29) is 87.5 Å². The molecule has 6 aliphatic carbocycles. The minimum atomic E-state index is -1.37. The number of fused-ring (bicyclic) bond motifs is 1. The molecule has 3 N–H and O–H groups in total. The number of hydrogen-bond acceptors (Lipinski definition) is 13. The third kappa shape index (κ3) is 21.8. The Balaban J connectivity index is 0.000000156. The molecule has 4 bridgehead atoms. The summed E-state index contributed by atoms with van der Waals surface area (Å²) >= 11 is 11.5. The van der Waals surface area contributed by atoms with Crippen molar-refractivity contribution < 1.29 is 62.7 Å². The van der Waals surface area contributed by atoms with E-state index in [4.69, 9.17) is 18.9 Å². The smallest absolute Gasteiger partial charge is 0.344 e. The number of carboxylic acid groups (broad SMARTS) is 2. The molecular formula is C80H77I6N3O13S2. The van der Waals surface area contributed by atoms with Crippen molar-refractivity contribution in [2.75, 3.05) is 29.2 Å². The van der Waals surface area contributed by atoms with Crippen LogP contribution in [-0.2, 0) is 55.2 Å². The zero-order valence-corrected chi connectivity index (χ0v) is 71.8. The van der Waals surface area contributed by atoms with Gasteiger partial charge in [-0.2, -0.15) is 0 Å². The third-order valence-electron chi connectivity index (χ3n) is 18.7. The van der Waals surface area contributed by atoms with Crippen LogP contribution in [0.25, 0.3) is 0 Å². The molecule has 0 radical (unpaired) electrons. The highest BCUT2D eigenvalue weighted by Crippen LogP contribution is 2.57. The largest absolute Gasteiger partial charge is 0.545 e. The highest BCUT2D eigenvalue weighted by molar-refractivity contribution is 14.1. The molecule has 104 heavy (non-hydrogen) atoms. The van der Waals surface area contributed by atoms with Crippen molar-refractivity contribution in [3.63, 3.8) is 0 Å². The summed E-state index contributed by atoms with van der Waals surface area (Å²) in [4.78, 5) is 88.5. The lowest BCUT2D eigenvalue weighted by molar-refractivity contribution is -0.256. The number of carboxylic acids is 2. The fraction of sp³-hybridized carbons (Fsp3) is 0.312. The van der Waals surface area contributed by atoms with Crippen molar-refractivity contribution in [3.05, 3.63) is 208 Å². The molecule has 6 aliphatic rings. The van der Waals surface area contributed by atoms with Crippen molar-refractivity contribution >= 4 is 216 Å². The van der Waals surface area contributed by atoms with Crippen LogP contribution in [-0.4, -0.2) is 66.5 Å². The van der Waals surface area contributed by atoms with Gasteiger partial charge in [0.25, 0.3) is 0 Å². The minimum absolute atomic E-state index is 0.0236. The maximum atomic E-state index is 12.7. The summed E-state index contributed by atoms with van der Waals surface area (Å²) in [6.07, 6.45) is 15.9. The quantitative estimate of drug-likeness (QED) is 0.0388. The Kier molecular flexibility index (Phi) is 30.2. The average molecular weight is 2110 g/mol. The molecular weight excluding hydrogens is 2040 g/mol. The molecule has 0 aromatic heterocycles. The number of anilines is 3. The number of carbonyl (C=O) groups excluding carboxylic acids is 7. The number of carbonyl (C=O) groups is 7. The van der Waals surface area contributed by atoms with Gasteiger partial charge in [-0.25, -0.2) is 9.59 Å². The van der Waals surface area contributed by atoms with Crippen molar-refractivity contribution in [3.8, 4) is 11.5 Å². The fourth-order valence-corrected chi connectivity index (χ4v) is 27.2. The van der Waals surface area contributed by atoms with Crippen molar-refractivity contribution in [2.24, 2.45) is 29.6 Å². The van der Waals surface area contributed by atoms with Gasteiger partial charge in [0.1, 0.15) is 23.2 Å². The van der Waals surface area contributed by atoms with Crippen LogP contribution in [0, 0.1) is 51.0 Å². The van der Waals surface area contributed by atoms with Crippen LogP contribution in [0.4, 0.5) is 17.1 Å². The number of nitrogens with one attached hydrogen (secondary N) is 3. The van der Waals surface area contributed by atoms with Gasteiger partial charge in [0, 0.05) is 49.7 Å². The van der Waals surface area contributed by atoms with E-state index in [0.717, 1.165) is 52.9 Å². The van der Waals surface area contributed by atoms with Crippen molar-refractivity contribution in [2.45, 2.75) is 145 Å². The maximum Gasteiger partial charge on any atom is 0.344 e. The molecule has 0 heterocycles. The first kappa shape index (κ1) is 81.3. The van der Waals surface area contributed by atoms with Crippen LogP contribution in [0.3, 0.4) is 0 Å². The first-order valence-corrected chi connectivity index (χ1v) is 43.1. The van der Waals surface area contributed by atoms with Gasteiger partial charge in [-0.1, -0.05) is 92.1 Å². The number of halogens is 6. The predicted octanol–water partition coefficient (Wildman–Crippen LogP) is 17.3. The lowest BCUT2D eigenvalue weighted by atomic mass is 9.54. The Morgan fingerprint density at radius 1 is 0.433 bits per heavy atom. The monoisotopic (exact) mass is 2110 g/mol. The second kappa shape index (κ2) is 38.7. The number of aromatic carboxylic acids is 2. The van der Waals surface area contributed by atoms with Gasteiger partial charge >= 0.3 is 11.9 Å². The minimum Gasteiger partial charge on any atom is -0.545 e. The van der Waals surface area contributed by atoms with Gasteiger partial charge in [0.05, 0.1) is 54.4 Å². The summed E-state index contributed by atoms with van der Waals surface area (Å²) in [6.45, 7) is 3.96. The molecule has 3 atom stereocenters. The number of ether oxygens (including phenoxy) is 4. The van der Waals surface area contributed by atoms with Gasteiger partial charge in [-0.3, -0.25) is 14.4 Å². The Morgan fingerprint density at radius 2 is 0.798 bits per heavy atom. The molecule has 0 aliphatic heterocycles. The first-order valence-electron chi connectivity index (χ1n) is 34.1. The van der Waals surface area contributed by atoms with Crippen molar-refractivity contribution in [1.29, 1.82) is 0 Å². The number of benzene rings is 8. The zero-order valence-electron chi connectivity index (χ0n) is 57.2. The normalized spacial score (nSPS) is 19.5. The molecule has 14 rings (SSSR count). The lowest BCUT2D eigenvalue weighted by Crippen LogP contribution is -2.53. The van der Waals surface area contributed by atoms with Crippen LogP contribution in [0.2, 0.25) is 0 Å². The standard InChI is InChI=1S/C30H31O3S.C30H33O3S.C11H9I3N2O4.C9H6I3NO3/c31-29(33-30-18-22-15-23(19-30)17-24(16-22)20-30)21-32-25-11-13-28(14-12-25)34(26-7-3-1-4-8-26)27-9-5-2-6-10-27;31-30(33-29-17-9-11-23-10-7-8-16-28(23)29)22-32-24-18-20-27(21-19-24)34(25-12-3-1-4-13-25)26-14-5-2-6-15-26;1-3(17)15-9-6(12)5(11(19)20)7(13)10(8(9)14)16-4(2)18;1-3(14)13-8-5(11)2-4(10)6(7(8)12)9(15)16/h1-14,22-24H,15-21H2;1-6,12-15,18-21,23,28-29H,7-11,16-17,22H2;1-2H3,(H,15,17)(H,16,18)(H,19,20);2H,1H3,(H,13,14)(H,15,16)/q2*+1;;/p-2. The first-order chi connectivity index (χ1) is 49.9. The molecule has 544 valence electrons. The second-order valence-electron chi connectivity index (χ2n) is 26.2. The Hall–Kier alpha value is -5.27. The number of hydrogen-bond donors (Lipinski definition) is 3. The number of rotatable bonds is 19. The zero-order chi connectivity index (χ0) is 74.2. The average Bonchev–Trinajstić information content (AvgIpc) is 0.745. The summed E-state index contributed by atoms with van der Waals surface area (Å²) in [7, 11) is -0.383. The Labute approximate surface area is 694 Å². The van der Waals surface area contributed by atoms with E-state index in [1.165, 1.54) is 108 Å². The van der Waals surface area contributed by atoms with E-state index in [1.807, 2.05) is 172 Å². The summed E-state index contributed by atoms with van der Waals surface area (Å²) in [5.74, 6) is 1.01. The van der Waals surface area contributed by atoms with Crippen LogP contribution in [0.5, 0.6) is 11.5 Å². The van der Waals surface area contributed by atoms with Crippen LogP contribution in [0.15, 0.2) is 205 Å². The van der Waals surface area contributed by atoms with Gasteiger partial charge in [0.2, 0.25) is 17.7 Å². The molecule has 3 amide bonds. The molecule has 8 aromatic rings. The van der Waals surface area contributed by atoms with E-state index in [1.54, 1.807) is 6.07 Å². The molecule has 0 spiro atoms.